The number of carbonyl (C=O) groups excluding carboxylic acids is 1. The molecule has 1 aliphatic carbocycles. The predicted molar refractivity (Wildman–Crippen MR) is 79.9 cm³/mol. The molecule has 2 N–H and O–H groups in total. The molecule has 19 heavy (non-hydrogen) atoms. The van der Waals surface area contributed by atoms with Gasteiger partial charge in [-0.2, -0.15) is 0 Å². The Morgan fingerprint density at radius 2 is 2.16 bits per heavy atom. The van der Waals surface area contributed by atoms with E-state index in [9.17, 15) is 4.79 Å². The molecule has 1 amide bonds. The summed E-state index contributed by atoms with van der Waals surface area (Å²) in [4.78, 5) is 12.3. The lowest BCUT2D eigenvalue weighted by molar-refractivity contribution is 0.0891. The highest BCUT2D eigenvalue weighted by Gasteiger charge is 2.32. The largest absolute Gasteiger partial charge is 0.385 e. The Morgan fingerprint density at radius 1 is 1.42 bits per heavy atom. The predicted octanol–water partition coefficient (Wildman–Crippen LogP) is 3.69. The van der Waals surface area contributed by atoms with E-state index in [-0.39, 0.29) is 11.3 Å². The highest BCUT2D eigenvalue weighted by molar-refractivity contribution is 6.31. The molecule has 0 spiro atoms. The van der Waals surface area contributed by atoms with E-state index in [1.165, 1.54) is 19.3 Å². The Morgan fingerprint density at radius 3 is 2.74 bits per heavy atom. The van der Waals surface area contributed by atoms with E-state index in [2.05, 4.69) is 17.6 Å². The molecule has 1 saturated carbocycles. The average molecular weight is 281 g/mol. The Balaban J connectivity index is 2.06. The van der Waals surface area contributed by atoms with Crippen molar-refractivity contribution in [1.82, 2.24) is 5.32 Å². The van der Waals surface area contributed by atoms with Crippen molar-refractivity contribution in [2.45, 2.75) is 33.1 Å². The van der Waals surface area contributed by atoms with Gasteiger partial charge >= 0.3 is 0 Å². The lowest BCUT2D eigenvalue weighted by Gasteiger charge is -2.38. The minimum Gasteiger partial charge on any atom is -0.385 e. The molecule has 0 unspecified atom stereocenters. The van der Waals surface area contributed by atoms with Crippen LogP contribution in [0.3, 0.4) is 0 Å². The van der Waals surface area contributed by atoms with Gasteiger partial charge in [0.05, 0.1) is 5.56 Å². The highest BCUT2D eigenvalue weighted by Crippen LogP contribution is 2.39. The molecule has 0 atom stereocenters. The highest BCUT2D eigenvalue weighted by atomic mass is 35.5. The third-order valence-corrected chi connectivity index (χ3v) is 4.06. The number of nitrogens with one attached hydrogen (secondary N) is 2. The zero-order valence-electron chi connectivity index (χ0n) is 11.6. The molecular formula is C15H21ClN2O. The summed E-state index contributed by atoms with van der Waals surface area (Å²) < 4.78 is 0. The van der Waals surface area contributed by atoms with Gasteiger partial charge in [0.25, 0.3) is 5.91 Å². The molecule has 0 aliphatic heterocycles. The maximum absolute atomic E-state index is 12.3. The SMILES string of the molecule is CCNc1ccc(Cl)cc1C(=O)NCC1(C)CCC1. The number of hydrogen-bond donors (Lipinski definition) is 2. The van der Waals surface area contributed by atoms with Crippen LogP contribution in [0.5, 0.6) is 0 Å². The van der Waals surface area contributed by atoms with Crippen molar-refractivity contribution in [3.05, 3.63) is 28.8 Å². The Bertz CT molecular complexity index is 469. The van der Waals surface area contributed by atoms with Gasteiger partial charge in [-0.05, 0) is 43.4 Å². The van der Waals surface area contributed by atoms with Crippen LogP contribution in [0.2, 0.25) is 5.02 Å². The summed E-state index contributed by atoms with van der Waals surface area (Å²) >= 11 is 5.98. The summed E-state index contributed by atoms with van der Waals surface area (Å²) in [5, 5.41) is 6.80. The van der Waals surface area contributed by atoms with Crippen LogP contribution in [0.25, 0.3) is 0 Å². The van der Waals surface area contributed by atoms with Gasteiger partial charge in [-0.1, -0.05) is 24.9 Å². The first-order valence-electron chi connectivity index (χ1n) is 6.86. The number of carbonyl (C=O) groups is 1. The second kappa shape index (κ2) is 5.83. The van der Waals surface area contributed by atoms with Crippen LogP contribution in [0, 0.1) is 5.41 Å². The van der Waals surface area contributed by atoms with Crippen molar-refractivity contribution in [2.75, 3.05) is 18.4 Å². The van der Waals surface area contributed by atoms with Gasteiger partial charge in [-0.15, -0.1) is 0 Å². The van der Waals surface area contributed by atoms with Gasteiger partial charge in [-0.3, -0.25) is 4.79 Å². The van der Waals surface area contributed by atoms with Crippen LogP contribution in [0.1, 0.15) is 43.5 Å². The zero-order chi connectivity index (χ0) is 13.9. The number of amides is 1. The minimum absolute atomic E-state index is 0.0495. The number of benzene rings is 1. The summed E-state index contributed by atoms with van der Waals surface area (Å²) in [6.45, 7) is 5.75. The topological polar surface area (TPSA) is 41.1 Å². The molecule has 0 bridgehead atoms. The van der Waals surface area contributed by atoms with Crippen LogP contribution < -0.4 is 10.6 Å². The van der Waals surface area contributed by atoms with E-state index in [1.54, 1.807) is 12.1 Å². The van der Waals surface area contributed by atoms with E-state index >= 15 is 0 Å². The molecule has 2 rings (SSSR count). The standard InChI is InChI=1S/C15H21ClN2O/c1-3-17-13-6-5-11(16)9-12(13)14(19)18-10-15(2)7-4-8-15/h5-6,9,17H,3-4,7-8,10H2,1-2H3,(H,18,19). The number of halogens is 1. The first-order chi connectivity index (χ1) is 9.04. The van der Waals surface area contributed by atoms with E-state index in [0.717, 1.165) is 18.8 Å². The molecule has 4 heteroatoms. The Hall–Kier alpha value is -1.22. The van der Waals surface area contributed by atoms with Crippen LogP contribution in [-0.2, 0) is 0 Å². The van der Waals surface area contributed by atoms with Gasteiger partial charge in [-0.25, -0.2) is 0 Å². The molecule has 1 fully saturated rings. The molecule has 1 aromatic carbocycles. The Labute approximate surface area is 119 Å². The van der Waals surface area contributed by atoms with E-state index in [4.69, 9.17) is 11.6 Å². The van der Waals surface area contributed by atoms with Crippen molar-refractivity contribution >= 4 is 23.2 Å². The van der Waals surface area contributed by atoms with Gasteiger partial charge in [0.15, 0.2) is 0 Å². The average Bonchev–Trinajstić information content (AvgIpc) is 2.36. The van der Waals surface area contributed by atoms with Crippen LogP contribution in [0.15, 0.2) is 18.2 Å². The molecule has 1 aliphatic rings. The van der Waals surface area contributed by atoms with E-state index in [1.807, 2.05) is 13.0 Å². The quantitative estimate of drug-likeness (QED) is 0.864. The summed E-state index contributed by atoms with van der Waals surface area (Å²) in [5.74, 6) is -0.0495. The second-order valence-corrected chi connectivity index (χ2v) is 6.00. The third kappa shape index (κ3) is 3.41. The molecular weight excluding hydrogens is 260 g/mol. The fourth-order valence-electron chi connectivity index (χ4n) is 2.39. The van der Waals surface area contributed by atoms with Crippen LogP contribution in [-0.4, -0.2) is 19.0 Å². The van der Waals surface area contributed by atoms with Crippen molar-refractivity contribution in [3.63, 3.8) is 0 Å². The summed E-state index contributed by atoms with van der Waals surface area (Å²) in [5.41, 5.74) is 1.74. The molecule has 0 radical (unpaired) electrons. The van der Waals surface area contributed by atoms with Crippen molar-refractivity contribution in [1.29, 1.82) is 0 Å². The zero-order valence-corrected chi connectivity index (χ0v) is 12.3. The summed E-state index contributed by atoms with van der Waals surface area (Å²) in [7, 11) is 0. The third-order valence-electron chi connectivity index (χ3n) is 3.83. The Kier molecular flexibility index (Phi) is 4.35. The second-order valence-electron chi connectivity index (χ2n) is 5.57. The summed E-state index contributed by atoms with van der Waals surface area (Å²) in [6, 6.07) is 5.37. The fraction of sp³-hybridized carbons (Fsp3) is 0.533. The van der Waals surface area contributed by atoms with Gasteiger partial charge in [0, 0.05) is 23.8 Å². The van der Waals surface area contributed by atoms with E-state index < -0.39 is 0 Å². The fourth-order valence-corrected chi connectivity index (χ4v) is 2.57. The van der Waals surface area contributed by atoms with Crippen molar-refractivity contribution in [2.24, 2.45) is 5.41 Å². The number of rotatable bonds is 5. The normalized spacial score (nSPS) is 16.6. The van der Waals surface area contributed by atoms with E-state index in [0.29, 0.717) is 10.6 Å². The molecule has 0 heterocycles. The number of hydrogen-bond acceptors (Lipinski definition) is 2. The monoisotopic (exact) mass is 280 g/mol. The first-order valence-corrected chi connectivity index (χ1v) is 7.23. The van der Waals surface area contributed by atoms with Crippen molar-refractivity contribution in [3.8, 4) is 0 Å². The smallest absolute Gasteiger partial charge is 0.253 e. The minimum atomic E-state index is -0.0495. The van der Waals surface area contributed by atoms with Gasteiger partial charge < -0.3 is 10.6 Å². The lowest BCUT2D eigenvalue weighted by Crippen LogP contribution is -2.40. The molecule has 0 aromatic heterocycles. The lowest BCUT2D eigenvalue weighted by atomic mass is 9.70. The molecule has 3 nitrogen and oxygen atoms in total. The van der Waals surface area contributed by atoms with Crippen LogP contribution in [0.4, 0.5) is 5.69 Å². The van der Waals surface area contributed by atoms with Crippen LogP contribution >= 0.6 is 11.6 Å². The molecule has 0 saturated heterocycles. The molecule has 104 valence electrons. The maximum Gasteiger partial charge on any atom is 0.253 e. The number of anilines is 1. The molecule has 1 aromatic rings. The van der Waals surface area contributed by atoms with Crippen molar-refractivity contribution < 1.29 is 4.79 Å². The van der Waals surface area contributed by atoms with Gasteiger partial charge in [0.2, 0.25) is 0 Å². The maximum atomic E-state index is 12.3. The first kappa shape index (κ1) is 14.2. The summed E-state index contributed by atoms with van der Waals surface area (Å²) in [6.07, 6.45) is 3.66. The van der Waals surface area contributed by atoms with Gasteiger partial charge in [0.1, 0.15) is 0 Å².